The summed E-state index contributed by atoms with van der Waals surface area (Å²) in [6.07, 6.45) is 0.708. The number of nitrogens with zero attached hydrogens (tertiary/aromatic N) is 2. The zero-order valence-corrected chi connectivity index (χ0v) is 9.90. The summed E-state index contributed by atoms with van der Waals surface area (Å²) < 4.78 is 5.34. The SMILES string of the molecule is Cc1nnc(Cc2ccc(C(C)C)cc2)o1. The van der Waals surface area contributed by atoms with E-state index in [2.05, 4.69) is 48.3 Å². The van der Waals surface area contributed by atoms with E-state index in [1.165, 1.54) is 11.1 Å². The van der Waals surface area contributed by atoms with Crippen LogP contribution in [-0.2, 0) is 6.42 Å². The molecule has 3 heteroatoms. The van der Waals surface area contributed by atoms with Crippen LogP contribution in [0.25, 0.3) is 0 Å². The molecular formula is C13H16N2O. The van der Waals surface area contributed by atoms with E-state index >= 15 is 0 Å². The van der Waals surface area contributed by atoms with Crippen molar-refractivity contribution >= 4 is 0 Å². The van der Waals surface area contributed by atoms with Gasteiger partial charge in [-0.2, -0.15) is 0 Å². The Morgan fingerprint density at radius 2 is 1.81 bits per heavy atom. The van der Waals surface area contributed by atoms with Gasteiger partial charge in [-0.15, -0.1) is 10.2 Å². The molecule has 0 radical (unpaired) electrons. The maximum absolute atomic E-state index is 5.34. The van der Waals surface area contributed by atoms with E-state index in [1.807, 2.05) is 0 Å². The first-order chi connectivity index (χ1) is 7.65. The van der Waals surface area contributed by atoms with E-state index in [1.54, 1.807) is 6.92 Å². The molecule has 0 N–H and O–H groups in total. The Balaban J connectivity index is 2.11. The highest BCUT2D eigenvalue weighted by molar-refractivity contribution is 5.26. The van der Waals surface area contributed by atoms with Gasteiger partial charge in [-0.3, -0.25) is 0 Å². The summed E-state index contributed by atoms with van der Waals surface area (Å²) in [5.74, 6) is 1.86. The second kappa shape index (κ2) is 4.47. The number of hydrogen-bond donors (Lipinski definition) is 0. The van der Waals surface area contributed by atoms with Crippen LogP contribution in [0.15, 0.2) is 28.7 Å². The Hall–Kier alpha value is -1.64. The van der Waals surface area contributed by atoms with Crippen molar-refractivity contribution in [2.75, 3.05) is 0 Å². The molecule has 0 amide bonds. The van der Waals surface area contributed by atoms with Gasteiger partial charge in [0.05, 0.1) is 6.42 Å². The smallest absolute Gasteiger partial charge is 0.220 e. The lowest BCUT2D eigenvalue weighted by Crippen LogP contribution is -1.91. The molecule has 1 aromatic heterocycles. The summed E-state index contributed by atoms with van der Waals surface area (Å²) >= 11 is 0. The monoisotopic (exact) mass is 216 g/mol. The van der Waals surface area contributed by atoms with E-state index in [0.717, 1.165) is 0 Å². The van der Waals surface area contributed by atoms with Gasteiger partial charge in [0.2, 0.25) is 11.8 Å². The first kappa shape index (κ1) is 10.9. The summed E-state index contributed by atoms with van der Waals surface area (Å²) in [7, 11) is 0. The Morgan fingerprint density at radius 3 is 2.31 bits per heavy atom. The third kappa shape index (κ3) is 2.48. The van der Waals surface area contributed by atoms with Crippen LogP contribution in [0.5, 0.6) is 0 Å². The van der Waals surface area contributed by atoms with Crippen LogP contribution in [0.1, 0.15) is 42.7 Å². The average molecular weight is 216 g/mol. The van der Waals surface area contributed by atoms with Gasteiger partial charge in [0, 0.05) is 6.92 Å². The van der Waals surface area contributed by atoms with Crippen molar-refractivity contribution in [2.45, 2.75) is 33.1 Å². The van der Waals surface area contributed by atoms with Gasteiger partial charge in [0.15, 0.2) is 0 Å². The van der Waals surface area contributed by atoms with Crippen LogP contribution < -0.4 is 0 Å². The predicted molar refractivity (Wildman–Crippen MR) is 62.4 cm³/mol. The van der Waals surface area contributed by atoms with Crippen LogP contribution >= 0.6 is 0 Å². The highest BCUT2D eigenvalue weighted by Crippen LogP contribution is 2.16. The Labute approximate surface area is 95.5 Å². The van der Waals surface area contributed by atoms with Gasteiger partial charge in [-0.1, -0.05) is 38.1 Å². The summed E-state index contributed by atoms with van der Waals surface area (Å²) in [6, 6.07) is 8.55. The zero-order chi connectivity index (χ0) is 11.5. The van der Waals surface area contributed by atoms with Gasteiger partial charge in [-0.05, 0) is 17.0 Å². The Kier molecular flexibility index (Phi) is 3.04. The largest absolute Gasteiger partial charge is 0.425 e. The number of rotatable bonds is 3. The molecule has 2 aromatic rings. The van der Waals surface area contributed by atoms with Gasteiger partial charge in [-0.25, -0.2) is 0 Å². The molecule has 1 aromatic carbocycles. The second-order valence-corrected chi connectivity index (χ2v) is 4.29. The minimum absolute atomic E-state index is 0.569. The van der Waals surface area contributed by atoms with Crippen molar-refractivity contribution in [1.82, 2.24) is 10.2 Å². The van der Waals surface area contributed by atoms with Crippen molar-refractivity contribution in [1.29, 1.82) is 0 Å². The first-order valence-corrected chi connectivity index (χ1v) is 5.53. The normalized spacial score (nSPS) is 11.0. The Morgan fingerprint density at radius 1 is 1.12 bits per heavy atom. The minimum Gasteiger partial charge on any atom is -0.425 e. The van der Waals surface area contributed by atoms with Crippen LogP contribution in [0, 0.1) is 6.92 Å². The highest BCUT2D eigenvalue weighted by atomic mass is 16.4. The minimum atomic E-state index is 0.569. The van der Waals surface area contributed by atoms with E-state index in [0.29, 0.717) is 24.1 Å². The molecule has 0 aliphatic carbocycles. The molecule has 0 fully saturated rings. The summed E-state index contributed by atoms with van der Waals surface area (Å²) in [5, 5.41) is 7.79. The topological polar surface area (TPSA) is 38.9 Å². The standard InChI is InChI=1S/C13H16N2O/c1-9(2)12-6-4-11(5-7-12)8-13-15-14-10(3)16-13/h4-7,9H,8H2,1-3H3. The molecule has 2 rings (SSSR count). The molecular weight excluding hydrogens is 200 g/mol. The molecule has 0 atom stereocenters. The van der Waals surface area contributed by atoms with Crippen molar-refractivity contribution in [3.05, 3.63) is 47.2 Å². The Bertz CT molecular complexity index is 457. The highest BCUT2D eigenvalue weighted by Gasteiger charge is 2.04. The number of benzene rings is 1. The fraction of sp³-hybridized carbons (Fsp3) is 0.385. The first-order valence-electron chi connectivity index (χ1n) is 5.53. The lowest BCUT2D eigenvalue weighted by molar-refractivity contribution is 0.477. The van der Waals surface area contributed by atoms with E-state index in [-0.39, 0.29) is 0 Å². The van der Waals surface area contributed by atoms with Crippen molar-refractivity contribution in [2.24, 2.45) is 0 Å². The maximum Gasteiger partial charge on any atom is 0.220 e. The van der Waals surface area contributed by atoms with Crippen LogP contribution in [0.2, 0.25) is 0 Å². The quantitative estimate of drug-likeness (QED) is 0.791. The molecule has 0 saturated heterocycles. The van der Waals surface area contributed by atoms with E-state index in [9.17, 15) is 0 Å². The third-order valence-corrected chi connectivity index (χ3v) is 2.57. The van der Waals surface area contributed by atoms with Crippen LogP contribution in [0.3, 0.4) is 0 Å². The summed E-state index contributed by atoms with van der Waals surface area (Å²) in [6.45, 7) is 6.19. The van der Waals surface area contributed by atoms with Gasteiger partial charge in [0.25, 0.3) is 0 Å². The molecule has 0 bridgehead atoms. The van der Waals surface area contributed by atoms with Crippen LogP contribution in [-0.4, -0.2) is 10.2 Å². The van der Waals surface area contributed by atoms with Gasteiger partial charge in [0.1, 0.15) is 0 Å². The predicted octanol–water partition coefficient (Wildman–Crippen LogP) is 3.09. The molecule has 84 valence electrons. The average Bonchev–Trinajstić information content (AvgIpc) is 2.65. The molecule has 0 saturated carbocycles. The van der Waals surface area contributed by atoms with Gasteiger partial charge < -0.3 is 4.42 Å². The van der Waals surface area contributed by atoms with E-state index < -0.39 is 0 Å². The zero-order valence-electron chi connectivity index (χ0n) is 9.90. The fourth-order valence-electron chi connectivity index (χ4n) is 1.60. The van der Waals surface area contributed by atoms with Crippen LogP contribution in [0.4, 0.5) is 0 Å². The maximum atomic E-state index is 5.34. The number of hydrogen-bond acceptors (Lipinski definition) is 3. The lowest BCUT2D eigenvalue weighted by atomic mass is 10.0. The van der Waals surface area contributed by atoms with Crippen molar-refractivity contribution < 1.29 is 4.42 Å². The number of aromatic nitrogens is 2. The summed E-state index contributed by atoms with van der Waals surface area (Å²) in [4.78, 5) is 0. The molecule has 1 heterocycles. The molecule has 0 spiro atoms. The molecule has 0 aliphatic heterocycles. The second-order valence-electron chi connectivity index (χ2n) is 4.29. The van der Waals surface area contributed by atoms with Crippen molar-refractivity contribution in [3.8, 4) is 0 Å². The molecule has 0 aliphatic rings. The van der Waals surface area contributed by atoms with Gasteiger partial charge >= 0.3 is 0 Å². The third-order valence-electron chi connectivity index (χ3n) is 2.57. The van der Waals surface area contributed by atoms with E-state index in [4.69, 9.17) is 4.42 Å². The summed E-state index contributed by atoms with van der Waals surface area (Å²) in [5.41, 5.74) is 2.55. The molecule has 16 heavy (non-hydrogen) atoms. The molecule has 0 unspecified atom stereocenters. The fourth-order valence-corrected chi connectivity index (χ4v) is 1.60. The molecule has 3 nitrogen and oxygen atoms in total. The number of aryl methyl sites for hydroxylation is 1. The lowest BCUT2D eigenvalue weighted by Gasteiger charge is -2.05. The van der Waals surface area contributed by atoms with Crippen molar-refractivity contribution in [3.63, 3.8) is 0 Å².